The summed E-state index contributed by atoms with van der Waals surface area (Å²) < 4.78 is 26.1. The smallest absolute Gasteiger partial charge is 0.387 e. The van der Waals surface area contributed by atoms with Gasteiger partial charge in [0.05, 0.1) is 5.69 Å². The maximum absolute atomic E-state index is 12.1. The Labute approximate surface area is 111 Å². The van der Waals surface area contributed by atoms with E-state index in [1.165, 1.54) is 24.3 Å². The first kappa shape index (κ1) is 14.3. The van der Waals surface area contributed by atoms with Crippen LogP contribution in [-0.2, 0) is 4.79 Å². The molecule has 0 spiro atoms. The first-order chi connectivity index (χ1) is 7.80. The summed E-state index contributed by atoms with van der Waals surface area (Å²) in [7, 11) is 0. The zero-order valence-electron chi connectivity index (χ0n) is 8.09. The third-order valence-electron chi connectivity index (χ3n) is 1.61. The van der Waals surface area contributed by atoms with Crippen molar-refractivity contribution in [3.05, 3.63) is 24.3 Å². The third-order valence-corrected chi connectivity index (χ3v) is 2.12. The highest BCUT2D eigenvalue weighted by molar-refractivity contribution is 6.76. The Morgan fingerprint density at radius 3 is 2.41 bits per heavy atom. The Hall–Kier alpha value is -0.780. The van der Waals surface area contributed by atoms with E-state index in [1.807, 2.05) is 0 Å². The summed E-state index contributed by atoms with van der Waals surface area (Å²) in [6.07, 6.45) is 0. The fourth-order valence-electron chi connectivity index (χ4n) is 0.962. The molecule has 0 aliphatic carbocycles. The van der Waals surface area contributed by atoms with Gasteiger partial charge in [-0.2, -0.15) is 8.78 Å². The van der Waals surface area contributed by atoms with Crippen LogP contribution >= 0.6 is 34.8 Å². The van der Waals surface area contributed by atoms with Gasteiger partial charge in [-0.15, -0.1) is 0 Å². The number of rotatable bonds is 3. The molecule has 0 fully saturated rings. The quantitative estimate of drug-likeness (QED) is 0.867. The Kier molecular flexibility index (Phi) is 4.80. The number of hydrogen-bond acceptors (Lipinski definition) is 2. The molecule has 1 aromatic rings. The average Bonchev–Trinajstić information content (AvgIpc) is 2.18. The van der Waals surface area contributed by atoms with Gasteiger partial charge in [-0.3, -0.25) is 4.79 Å². The summed E-state index contributed by atoms with van der Waals surface area (Å²) in [6.45, 7) is -3.01. The molecule has 0 aliphatic rings. The van der Waals surface area contributed by atoms with Crippen molar-refractivity contribution in [2.75, 3.05) is 5.32 Å². The molecule has 0 aliphatic heterocycles. The van der Waals surface area contributed by atoms with Crippen LogP contribution in [0.5, 0.6) is 5.75 Å². The fraction of sp³-hybridized carbons (Fsp3) is 0.222. The molecule has 1 amide bonds. The minimum atomic E-state index is -3.01. The van der Waals surface area contributed by atoms with Crippen molar-refractivity contribution in [3.63, 3.8) is 0 Å². The van der Waals surface area contributed by atoms with Crippen molar-refractivity contribution in [1.29, 1.82) is 0 Å². The molecule has 1 rings (SSSR count). The predicted octanol–water partition coefficient (Wildman–Crippen LogP) is 3.60. The van der Waals surface area contributed by atoms with E-state index in [2.05, 4.69) is 10.1 Å². The highest BCUT2D eigenvalue weighted by Gasteiger charge is 2.31. The molecule has 0 bridgehead atoms. The lowest BCUT2D eigenvalue weighted by atomic mass is 10.3. The molecule has 0 aromatic heterocycles. The fourth-order valence-corrected chi connectivity index (χ4v) is 1.10. The van der Waals surface area contributed by atoms with Gasteiger partial charge in [-0.05, 0) is 12.1 Å². The monoisotopic (exact) mass is 303 g/mol. The number of para-hydroxylation sites is 2. The SMILES string of the molecule is O=C(Nc1ccccc1OC(F)F)C(Cl)(Cl)Cl. The van der Waals surface area contributed by atoms with Crippen molar-refractivity contribution >= 4 is 46.4 Å². The van der Waals surface area contributed by atoms with Crippen LogP contribution in [0.1, 0.15) is 0 Å². The van der Waals surface area contributed by atoms with Crippen molar-refractivity contribution in [1.82, 2.24) is 0 Å². The van der Waals surface area contributed by atoms with Gasteiger partial charge >= 0.3 is 6.61 Å². The summed E-state index contributed by atoms with van der Waals surface area (Å²) >= 11 is 16.0. The molecule has 17 heavy (non-hydrogen) atoms. The maximum atomic E-state index is 12.1. The molecule has 3 nitrogen and oxygen atoms in total. The lowest BCUT2D eigenvalue weighted by Gasteiger charge is -2.14. The summed E-state index contributed by atoms with van der Waals surface area (Å²) in [4.78, 5) is 11.3. The second-order valence-corrected chi connectivity index (χ2v) is 5.11. The van der Waals surface area contributed by atoms with Gasteiger partial charge in [0.2, 0.25) is 0 Å². The Morgan fingerprint density at radius 1 is 1.29 bits per heavy atom. The largest absolute Gasteiger partial charge is 0.433 e. The highest BCUT2D eigenvalue weighted by Crippen LogP contribution is 2.31. The third kappa shape index (κ3) is 4.53. The van der Waals surface area contributed by atoms with Crippen LogP contribution in [0.3, 0.4) is 0 Å². The molecule has 1 aromatic carbocycles. The second-order valence-electron chi connectivity index (χ2n) is 2.83. The molecule has 0 heterocycles. The molecule has 0 radical (unpaired) electrons. The van der Waals surface area contributed by atoms with E-state index in [1.54, 1.807) is 0 Å². The van der Waals surface area contributed by atoms with E-state index in [4.69, 9.17) is 34.8 Å². The minimum absolute atomic E-state index is 0.0101. The molecule has 8 heteroatoms. The number of carbonyl (C=O) groups is 1. The summed E-state index contributed by atoms with van der Waals surface area (Å²) in [5.74, 6) is -1.18. The standard InChI is InChI=1S/C9H6Cl3F2NO2/c10-9(11,12)7(16)15-5-3-1-2-4-6(5)17-8(13)14/h1-4,8H,(H,15,16). The first-order valence-electron chi connectivity index (χ1n) is 4.22. The Bertz CT molecular complexity index is 409. The van der Waals surface area contributed by atoms with Crippen LogP contribution in [0.15, 0.2) is 24.3 Å². The van der Waals surface area contributed by atoms with E-state index in [0.29, 0.717) is 0 Å². The molecule has 94 valence electrons. The highest BCUT2D eigenvalue weighted by atomic mass is 35.6. The number of halogens is 5. The summed E-state index contributed by atoms with van der Waals surface area (Å²) in [6, 6.07) is 5.56. The lowest BCUT2D eigenvalue weighted by Crippen LogP contribution is -2.27. The van der Waals surface area contributed by atoms with Crippen LogP contribution in [0, 0.1) is 0 Å². The van der Waals surface area contributed by atoms with Crippen LogP contribution in [0.4, 0.5) is 14.5 Å². The second kappa shape index (κ2) is 5.71. The van der Waals surface area contributed by atoms with Gasteiger partial charge in [0.25, 0.3) is 9.70 Å². The van der Waals surface area contributed by atoms with Gasteiger partial charge in [-0.25, -0.2) is 0 Å². The van der Waals surface area contributed by atoms with E-state index in [9.17, 15) is 13.6 Å². The van der Waals surface area contributed by atoms with Gasteiger partial charge < -0.3 is 10.1 Å². The van der Waals surface area contributed by atoms with E-state index in [0.717, 1.165) is 0 Å². The van der Waals surface area contributed by atoms with Crippen LogP contribution in [-0.4, -0.2) is 16.3 Å². The number of nitrogens with one attached hydrogen (secondary N) is 1. The average molecular weight is 305 g/mol. The van der Waals surface area contributed by atoms with E-state index >= 15 is 0 Å². The Balaban J connectivity index is 2.87. The molecule has 0 unspecified atom stereocenters. The summed E-state index contributed by atoms with van der Waals surface area (Å²) in [5, 5.41) is 2.16. The van der Waals surface area contributed by atoms with Crippen LogP contribution < -0.4 is 10.1 Å². The molecule has 0 atom stereocenters. The number of amides is 1. The number of hydrogen-bond donors (Lipinski definition) is 1. The van der Waals surface area contributed by atoms with Crippen molar-refractivity contribution in [3.8, 4) is 5.75 Å². The van der Waals surface area contributed by atoms with Gasteiger partial charge in [0.15, 0.2) is 0 Å². The molecular weight excluding hydrogens is 298 g/mol. The predicted molar refractivity (Wildman–Crippen MR) is 62.0 cm³/mol. The van der Waals surface area contributed by atoms with Crippen molar-refractivity contribution in [2.24, 2.45) is 0 Å². The topological polar surface area (TPSA) is 38.3 Å². The first-order valence-corrected chi connectivity index (χ1v) is 5.36. The maximum Gasteiger partial charge on any atom is 0.387 e. The van der Waals surface area contributed by atoms with E-state index < -0.39 is 16.3 Å². The molecular formula is C9H6Cl3F2NO2. The Morgan fingerprint density at radius 2 is 1.88 bits per heavy atom. The normalized spacial score (nSPS) is 11.4. The van der Waals surface area contributed by atoms with Crippen molar-refractivity contribution < 1.29 is 18.3 Å². The molecule has 1 N–H and O–H groups in total. The number of benzene rings is 1. The molecule has 0 saturated carbocycles. The van der Waals surface area contributed by atoms with Crippen LogP contribution in [0.25, 0.3) is 0 Å². The van der Waals surface area contributed by atoms with Crippen molar-refractivity contribution in [2.45, 2.75) is 10.4 Å². The molecule has 0 saturated heterocycles. The number of anilines is 1. The van der Waals surface area contributed by atoms with Gasteiger partial charge in [0, 0.05) is 0 Å². The van der Waals surface area contributed by atoms with E-state index in [-0.39, 0.29) is 11.4 Å². The zero-order chi connectivity index (χ0) is 13.1. The number of alkyl halides is 5. The van der Waals surface area contributed by atoms with Crippen LogP contribution in [0.2, 0.25) is 0 Å². The minimum Gasteiger partial charge on any atom is -0.433 e. The number of carbonyl (C=O) groups excluding carboxylic acids is 1. The lowest BCUT2D eigenvalue weighted by molar-refractivity contribution is -0.115. The van der Waals surface area contributed by atoms with Gasteiger partial charge in [0.1, 0.15) is 5.75 Å². The zero-order valence-corrected chi connectivity index (χ0v) is 10.4. The number of ether oxygens (including phenoxy) is 1. The summed E-state index contributed by atoms with van der Waals surface area (Å²) in [5.41, 5.74) is -0.0101. The van der Waals surface area contributed by atoms with Gasteiger partial charge in [-0.1, -0.05) is 46.9 Å².